The normalized spacial score (nSPS) is 14.5. The van der Waals surface area contributed by atoms with E-state index in [4.69, 9.17) is 5.84 Å². The van der Waals surface area contributed by atoms with Gasteiger partial charge in [-0.05, 0) is 48.5 Å². The van der Waals surface area contributed by atoms with Crippen LogP contribution in [0.4, 0.5) is 14.9 Å². The van der Waals surface area contributed by atoms with Gasteiger partial charge in [-0.15, -0.1) is 0 Å². The zero-order chi connectivity index (χ0) is 20.8. The molecule has 3 rings (SSSR count). The summed E-state index contributed by atoms with van der Waals surface area (Å²) < 4.78 is 13.4. The van der Waals surface area contributed by atoms with Gasteiger partial charge >= 0.3 is 6.03 Å². The van der Waals surface area contributed by atoms with Crippen LogP contribution < -0.4 is 16.2 Å². The summed E-state index contributed by atoms with van der Waals surface area (Å²) in [7, 11) is 0. The average molecular weight is 399 g/mol. The molecule has 0 bridgehead atoms. The molecule has 1 heterocycles. The minimum absolute atomic E-state index is 0.115. The monoisotopic (exact) mass is 399 g/mol. The Hall–Kier alpha value is -2.97. The Labute approximate surface area is 169 Å². The van der Waals surface area contributed by atoms with E-state index in [0.717, 1.165) is 25.2 Å². The fourth-order valence-corrected chi connectivity index (χ4v) is 3.34. The molecule has 0 atom stereocenters. The molecule has 0 radical (unpaired) electrons. The van der Waals surface area contributed by atoms with Crippen LogP contribution in [-0.4, -0.2) is 54.5 Å². The van der Waals surface area contributed by atoms with E-state index in [0.29, 0.717) is 30.9 Å². The van der Waals surface area contributed by atoms with Gasteiger partial charge in [0.25, 0.3) is 5.91 Å². The van der Waals surface area contributed by atoms with Gasteiger partial charge < -0.3 is 9.80 Å². The van der Waals surface area contributed by atoms with E-state index in [9.17, 15) is 14.0 Å². The molecule has 3 N–H and O–H groups in total. The van der Waals surface area contributed by atoms with Crippen LogP contribution >= 0.6 is 0 Å². The molecular weight excluding hydrogens is 373 g/mol. The number of anilines is 1. The van der Waals surface area contributed by atoms with E-state index >= 15 is 0 Å². The molecule has 0 spiro atoms. The maximum absolute atomic E-state index is 13.4. The van der Waals surface area contributed by atoms with Crippen LogP contribution in [0, 0.1) is 5.82 Å². The quantitative estimate of drug-likeness (QED) is 0.459. The number of nitrogens with zero attached hydrogens (tertiary/aromatic N) is 3. The second-order valence-corrected chi connectivity index (χ2v) is 6.94. The van der Waals surface area contributed by atoms with Crippen molar-refractivity contribution in [1.82, 2.24) is 15.2 Å². The van der Waals surface area contributed by atoms with Crippen LogP contribution in [0.1, 0.15) is 22.8 Å². The van der Waals surface area contributed by atoms with Crippen molar-refractivity contribution in [2.45, 2.75) is 13.5 Å². The first-order valence-electron chi connectivity index (χ1n) is 9.66. The van der Waals surface area contributed by atoms with E-state index in [1.165, 1.54) is 12.1 Å². The molecule has 29 heavy (non-hydrogen) atoms. The molecule has 1 aliphatic heterocycles. The van der Waals surface area contributed by atoms with Crippen LogP contribution in [0.15, 0.2) is 48.5 Å². The van der Waals surface area contributed by atoms with Gasteiger partial charge in [-0.25, -0.2) is 15.0 Å². The molecule has 3 amide bonds. The number of hydrazine groups is 1. The molecule has 0 aromatic heterocycles. The summed E-state index contributed by atoms with van der Waals surface area (Å²) in [5, 5.41) is 0. The van der Waals surface area contributed by atoms with E-state index in [1.54, 1.807) is 41.3 Å². The molecule has 0 saturated carbocycles. The number of rotatable bonds is 5. The van der Waals surface area contributed by atoms with Crippen molar-refractivity contribution in [3.63, 3.8) is 0 Å². The number of amides is 3. The Morgan fingerprint density at radius 1 is 1.03 bits per heavy atom. The highest BCUT2D eigenvalue weighted by Crippen LogP contribution is 2.21. The summed E-state index contributed by atoms with van der Waals surface area (Å²) in [6.07, 6.45) is 0. The van der Waals surface area contributed by atoms with Crippen molar-refractivity contribution in [2.75, 3.05) is 37.6 Å². The van der Waals surface area contributed by atoms with E-state index in [1.807, 2.05) is 4.90 Å². The molecule has 0 aliphatic carbocycles. The van der Waals surface area contributed by atoms with Gasteiger partial charge in [-0.1, -0.05) is 19.1 Å². The van der Waals surface area contributed by atoms with Gasteiger partial charge in [-0.2, -0.15) is 0 Å². The minimum Gasteiger partial charge on any atom is -0.322 e. The molecule has 1 fully saturated rings. The Morgan fingerprint density at radius 2 is 1.66 bits per heavy atom. The maximum Gasteiger partial charge on any atom is 0.324 e. The maximum atomic E-state index is 13.4. The minimum atomic E-state index is -0.378. The summed E-state index contributed by atoms with van der Waals surface area (Å²) in [5.74, 6) is 4.43. The predicted molar refractivity (Wildman–Crippen MR) is 110 cm³/mol. The Morgan fingerprint density at radius 3 is 2.21 bits per heavy atom. The van der Waals surface area contributed by atoms with Crippen LogP contribution in [0.2, 0.25) is 0 Å². The summed E-state index contributed by atoms with van der Waals surface area (Å²) in [6.45, 7) is 6.36. The van der Waals surface area contributed by atoms with Crippen LogP contribution in [0.25, 0.3) is 0 Å². The molecule has 154 valence electrons. The third-order valence-corrected chi connectivity index (χ3v) is 5.15. The lowest BCUT2D eigenvalue weighted by molar-refractivity contribution is 0.0953. The Bertz CT molecular complexity index is 833. The number of hydrogen-bond acceptors (Lipinski definition) is 4. The van der Waals surface area contributed by atoms with Crippen LogP contribution in [0.3, 0.4) is 0 Å². The number of nitrogens with two attached hydrogens (primary N) is 1. The van der Waals surface area contributed by atoms with Crippen molar-refractivity contribution in [2.24, 2.45) is 5.84 Å². The third kappa shape index (κ3) is 5.10. The van der Waals surface area contributed by atoms with Crippen molar-refractivity contribution in [3.8, 4) is 0 Å². The van der Waals surface area contributed by atoms with Gasteiger partial charge in [0.2, 0.25) is 0 Å². The number of nitrogens with one attached hydrogen (secondary N) is 1. The summed E-state index contributed by atoms with van der Waals surface area (Å²) in [6, 6.07) is 12.7. The standard InChI is InChI=1S/C21H26FN5O2/c1-2-25-11-13-26(14-12-25)21(29)27(19-9-7-18(22)8-10-19)15-16-3-5-17(6-4-16)20(28)24-23/h3-10H,2,11-15,23H2,1H3,(H,24,28). The lowest BCUT2D eigenvalue weighted by atomic mass is 10.1. The van der Waals surface area contributed by atoms with Gasteiger partial charge in [0.15, 0.2) is 0 Å². The predicted octanol–water partition coefficient (Wildman–Crippen LogP) is 2.19. The lowest BCUT2D eigenvalue weighted by Crippen LogP contribution is -2.52. The molecule has 1 saturated heterocycles. The first kappa shape index (κ1) is 20.8. The smallest absolute Gasteiger partial charge is 0.322 e. The first-order valence-corrected chi connectivity index (χ1v) is 9.66. The van der Waals surface area contributed by atoms with Crippen molar-refractivity contribution < 1.29 is 14.0 Å². The fourth-order valence-electron chi connectivity index (χ4n) is 3.34. The zero-order valence-electron chi connectivity index (χ0n) is 16.5. The molecule has 8 heteroatoms. The number of likely N-dealkylation sites (N-methyl/N-ethyl adjacent to an activating group) is 1. The van der Waals surface area contributed by atoms with Crippen molar-refractivity contribution in [3.05, 3.63) is 65.5 Å². The van der Waals surface area contributed by atoms with Crippen LogP contribution in [0.5, 0.6) is 0 Å². The van der Waals surface area contributed by atoms with E-state index in [-0.39, 0.29) is 17.8 Å². The van der Waals surface area contributed by atoms with E-state index < -0.39 is 0 Å². The number of carbonyl (C=O) groups is 2. The molecular formula is C21H26FN5O2. The van der Waals surface area contributed by atoms with Crippen molar-refractivity contribution in [1.29, 1.82) is 0 Å². The molecule has 0 unspecified atom stereocenters. The Balaban J connectivity index is 1.80. The largest absolute Gasteiger partial charge is 0.324 e. The summed E-state index contributed by atoms with van der Waals surface area (Å²) >= 11 is 0. The fraction of sp³-hybridized carbons (Fsp3) is 0.333. The highest BCUT2D eigenvalue weighted by Gasteiger charge is 2.26. The van der Waals surface area contributed by atoms with E-state index in [2.05, 4.69) is 17.2 Å². The number of urea groups is 1. The Kier molecular flexibility index (Phi) is 6.79. The van der Waals surface area contributed by atoms with Crippen LogP contribution in [-0.2, 0) is 6.54 Å². The summed E-state index contributed by atoms with van der Waals surface area (Å²) in [4.78, 5) is 30.6. The number of hydrogen-bond donors (Lipinski definition) is 2. The third-order valence-electron chi connectivity index (χ3n) is 5.15. The molecule has 1 aliphatic rings. The number of halogens is 1. The second-order valence-electron chi connectivity index (χ2n) is 6.94. The topological polar surface area (TPSA) is 81.9 Å². The highest BCUT2D eigenvalue weighted by atomic mass is 19.1. The highest BCUT2D eigenvalue weighted by molar-refractivity contribution is 5.94. The van der Waals surface area contributed by atoms with Gasteiger partial charge in [0.1, 0.15) is 5.82 Å². The van der Waals surface area contributed by atoms with Gasteiger partial charge in [-0.3, -0.25) is 15.1 Å². The SMILES string of the molecule is CCN1CCN(C(=O)N(Cc2ccc(C(=O)NN)cc2)c2ccc(F)cc2)CC1. The summed E-state index contributed by atoms with van der Waals surface area (Å²) in [5.41, 5.74) is 4.00. The molecule has 2 aromatic rings. The first-order chi connectivity index (χ1) is 14.0. The van der Waals surface area contributed by atoms with Crippen molar-refractivity contribution >= 4 is 17.6 Å². The van der Waals surface area contributed by atoms with Gasteiger partial charge in [0, 0.05) is 37.4 Å². The molecule has 7 nitrogen and oxygen atoms in total. The second kappa shape index (κ2) is 9.49. The molecule has 2 aromatic carbocycles. The van der Waals surface area contributed by atoms with Gasteiger partial charge in [0.05, 0.1) is 6.54 Å². The zero-order valence-corrected chi connectivity index (χ0v) is 16.5. The lowest BCUT2D eigenvalue weighted by Gasteiger charge is -2.37. The number of benzene rings is 2. The average Bonchev–Trinajstić information content (AvgIpc) is 2.77. The number of piperazine rings is 1. The number of nitrogen functional groups attached to an aromatic ring is 1. The number of carbonyl (C=O) groups excluding carboxylic acids is 2.